The lowest BCUT2D eigenvalue weighted by Crippen LogP contribution is -2.53. The number of Topliss-reactive ketones (excluding diaryl/α,β-unsaturated/α-hetero) is 1. The van der Waals surface area contributed by atoms with E-state index in [1.54, 1.807) is 26.0 Å². The number of allylic oxidation sites excluding steroid dienone is 1. The number of nitrogens with zero attached hydrogens (tertiary/aromatic N) is 2. The number of hydrogen-bond acceptors (Lipinski definition) is 10. The lowest BCUT2D eigenvalue weighted by atomic mass is 9.71. The van der Waals surface area contributed by atoms with Crippen LogP contribution in [0.5, 0.6) is 0 Å². The Balaban J connectivity index is 1.80. The quantitative estimate of drug-likeness (QED) is 0.333. The molecule has 0 aromatic heterocycles. The van der Waals surface area contributed by atoms with Gasteiger partial charge >= 0.3 is 5.97 Å². The molecule has 188 valence electrons. The number of ether oxygens (including phenoxy) is 3. The van der Waals surface area contributed by atoms with Crippen LogP contribution in [-0.2, 0) is 28.6 Å². The van der Waals surface area contributed by atoms with Crippen molar-refractivity contribution in [2.45, 2.75) is 43.7 Å². The highest BCUT2D eigenvalue weighted by atomic mass is 35.5. The second-order valence-electron chi connectivity index (χ2n) is 8.55. The van der Waals surface area contributed by atoms with Crippen molar-refractivity contribution in [3.05, 3.63) is 55.2 Å². The fourth-order valence-corrected chi connectivity index (χ4v) is 5.50. The molecule has 11 nitrogen and oxygen atoms in total. The zero-order valence-corrected chi connectivity index (χ0v) is 20.4. The molecule has 6 atom stereocenters. The monoisotopic (exact) mass is 528 g/mol. The Bertz CT molecular complexity index is 1150. The summed E-state index contributed by atoms with van der Waals surface area (Å²) in [5.74, 6) is -3.43. The van der Waals surface area contributed by atoms with Gasteiger partial charge in [-0.3, -0.25) is 14.6 Å². The van der Waals surface area contributed by atoms with E-state index in [2.05, 4.69) is 9.83 Å². The van der Waals surface area contributed by atoms with E-state index in [4.69, 9.17) is 37.4 Å². The SMILES string of the molecule is COC(=O)C1C(C)=NC(C)=C(C(=O)[C@@]2(O)CO[C@@H]3[C@@H](O[N+](=O)[O-])CO[C@@H]32)C1c1ccc(Cl)cc1Cl. The van der Waals surface area contributed by atoms with Crippen LogP contribution in [0.15, 0.2) is 34.5 Å². The molecule has 0 saturated carbocycles. The van der Waals surface area contributed by atoms with Crippen molar-refractivity contribution in [1.29, 1.82) is 0 Å². The van der Waals surface area contributed by atoms with Gasteiger partial charge in [0, 0.05) is 32.9 Å². The van der Waals surface area contributed by atoms with E-state index in [0.29, 0.717) is 16.3 Å². The third-order valence-electron chi connectivity index (χ3n) is 6.51. The van der Waals surface area contributed by atoms with Crippen LogP contribution in [0.25, 0.3) is 0 Å². The molecule has 1 aromatic rings. The molecule has 0 spiro atoms. The molecule has 0 aliphatic carbocycles. The Morgan fingerprint density at radius 2 is 2.00 bits per heavy atom. The molecule has 0 amide bonds. The van der Waals surface area contributed by atoms with Gasteiger partial charge in [0.25, 0.3) is 5.09 Å². The minimum Gasteiger partial charge on any atom is -0.468 e. The first-order valence-corrected chi connectivity index (χ1v) is 11.4. The fourth-order valence-electron chi connectivity index (χ4n) is 4.98. The van der Waals surface area contributed by atoms with E-state index in [9.17, 15) is 24.8 Å². The summed E-state index contributed by atoms with van der Waals surface area (Å²) in [6.07, 6.45) is -3.38. The van der Waals surface area contributed by atoms with Crippen LogP contribution in [0, 0.1) is 16.0 Å². The molecule has 2 unspecified atom stereocenters. The zero-order valence-electron chi connectivity index (χ0n) is 18.9. The smallest absolute Gasteiger partial charge is 0.315 e. The zero-order chi connectivity index (χ0) is 25.7. The second-order valence-corrected chi connectivity index (χ2v) is 9.39. The number of aliphatic hydroxyl groups is 1. The molecule has 3 aliphatic rings. The van der Waals surface area contributed by atoms with E-state index < -0.39 is 59.2 Å². The molecule has 0 radical (unpaired) electrons. The summed E-state index contributed by atoms with van der Waals surface area (Å²) in [7, 11) is 1.22. The lowest BCUT2D eigenvalue weighted by Gasteiger charge is -2.35. The van der Waals surface area contributed by atoms with Gasteiger partial charge in [-0.25, -0.2) is 0 Å². The summed E-state index contributed by atoms with van der Waals surface area (Å²) in [4.78, 5) is 46.6. The number of aliphatic imine (C=N–C) groups is 1. The number of benzene rings is 1. The number of ketones is 1. The largest absolute Gasteiger partial charge is 0.468 e. The van der Waals surface area contributed by atoms with E-state index in [-0.39, 0.29) is 22.9 Å². The van der Waals surface area contributed by atoms with Crippen molar-refractivity contribution >= 4 is 40.7 Å². The predicted octanol–water partition coefficient (Wildman–Crippen LogP) is 2.29. The molecule has 0 bridgehead atoms. The average Bonchev–Trinajstić information content (AvgIpc) is 3.34. The topological polar surface area (TPSA) is 147 Å². The number of carbonyl (C=O) groups excluding carboxylic acids is 2. The van der Waals surface area contributed by atoms with Crippen LogP contribution < -0.4 is 0 Å². The fraction of sp³-hybridized carbons (Fsp3) is 0.500. The number of esters is 1. The molecule has 35 heavy (non-hydrogen) atoms. The van der Waals surface area contributed by atoms with Crippen LogP contribution in [0.1, 0.15) is 25.3 Å². The van der Waals surface area contributed by atoms with Crippen molar-refractivity contribution in [1.82, 2.24) is 0 Å². The van der Waals surface area contributed by atoms with Crippen LogP contribution in [0.4, 0.5) is 0 Å². The highest BCUT2D eigenvalue weighted by molar-refractivity contribution is 6.35. The third-order valence-corrected chi connectivity index (χ3v) is 7.07. The molecule has 2 fully saturated rings. The van der Waals surface area contributed by atoms with Crippen molar-refractivity contribution in [3.63, 3.8) is 0 Å². The maximum Gasteiger partial charge on any atom is 0.315 e. The van der Waals surface area contributed by atoms with Gasteiger partial charge in [0.15, 0.2) is 17.5 Å². The molecular weight excluding hydrogens is 507 g/mol. The molecule has 1 aromatic carbocycles. The van der Waals surface area contributed by atoms with Crippen molar-refractivity contribution in [3.8, 4) is 0 Å². The molecule has 3 heterocycles. The summed E-state index contributed by atoms with van der Waals surface area (Å²) in [5.41, 5.74) is -1.13. The van der Waals surface area contributed by atoms with Gasteiger partial charge in [-0.2, -0.15) is 0 Å². The molecule has 1 N–H and O–H groups in total. The van der Waals surface area contributed by atoms with Gasteiger partial charge < -0.3 is 24.2 Å². The standard InChI is InChI=1S/C22H22Cl2N2O9/c1-9-15(19(27)22(29)8-34-18-14(35-26(30)31)7-33-20(18)22)17(12-5-4-11(23)6-13(12)24)16(10(2)25-9)21(28)32-3/h4-6,14,16-18,20,29H,7-8H2,1-3H3/t14-,16?,17?,18+,20-,22-/m0/s1. The minimum absolute atomic E-state index is 0.0178. The Hall–Kier alpha value is -2.57. The highest BCUT2D eigenvalue weighted by Gasteiger charge is 2.62. The molecule has 3 aliphatic heterocycles. The molecule has 2 saturated heterocycles. The number of hydrogen-bond donors (Lipinski definition) is 1. The van der Waals surface area contributed by atoms with Crippen molar-refractivity contribution in [2.75, 3.05) is 20.3 Å². The summed E-state index contributed by atoms with van der Waals surface area (Å²) < 4.78 is 16.1. The first kappa shape index (κ1) is 25.5. The van der Waals surface area contributed by atoms with Crippen LogP contribution in [0.2, 0.25) is 10.0 Å². The second kappa shape index (κ2) is 9.47. The third kappa shape index (κ3) is 4.31. The van der Waals surface area contributed by atoms with Gasteiger partial charge in [0.2, 0.25) is 0 Å². The van der Waals surface area contributed by atoms with Gasteiger partial charge in [-0.05, 0) is 31.5 Å². The number of halogens is 2. The van der Waals surface area contributed by atoms with Gasteiger partial charge in [0.1, 0.15) is 18.1 Å². The maximum absolute atomic E-state index is 14.0. The minimum atomic E-state index is -2.21. The number of rotatable bonds is 6. The molecule has 13 heteroatoms. The van der Waals surface area contributed by atoms with E-state index in [1.807, 2.05) is 0 Å². The van der Waals surface area contributed by atoms with Crippen LogP contribution in [0.3, 0.4) is 0 Å². The van der Waals surface area contributed by atoms with Crippen LogP contribution >= 0.6 is 23.2 Å². The molecular formula is C22H22Cl2N2O9. The Morgan fingerprint density at radius 1 is 1.29 bits per heavy atom. The van der Waals surface area contributed by atoms with Gasteiger partial charge in [-0.1, -0.05) is 29.3 Å². The number of methoxy groups -OCH3 is 1. The summed E-state index contributed by atoms with van der Waals surface area (Å²) in [6, 6.07) is 4.64. The Morgan fingerprint density at radius 3 is 2.63 bits per heavy atom. The summed E-state index contributed by atoms with van der Waals surface area (Å²) >= 11 is 12.6. The van der Waals surface area contributed by atoms with E-state index in [1.165, 1.54) is 13.2 Å². The number of carbonyl (C=O) groups is 2. The van der Waals surface area contributed by atoms with Crippen molar-refractivity contribution in [2.24, 2.45) is 10.9 Å². The average molecular weight is 529 g/mol. The maximum atomic E-state index is 14.0. The molecule has 4 rings (SSSR count). The van der Waals surface area contributed by atoms with Gasteiger partial charge in [0.05, 0.1) is 20.3 Å². The first-order valence-electron chi connectivity index (χ1n) is 10.6. The van der Waals surface area contributed by atoms with Crippen molar-refractivity contribution < 1.29 is 38.8 Å². The Labute approximate surface area is 209 Å². The lowest BCUT2D eigenvalue weighted by molar-refractivity contribution is -0.769. The summed E-state index contributed by atoms with van der Waals surface area (Å²) in [5, 5.41) is 21.9. The first-order chi connectivity index (χ1) is 16.5. The predicted molar refractivity (Wildman–Crippen MR) is 122 cm³/mol. The normalized spacial score (nSPS) is 32.2. The highest BCUT2D eigenvalue weighted by Crippen LogP contribution is 2.46. The van der Waals surface area contributed by atoms with Crippen LogP contribution in [-0.4, -0.2) is 71.9 Å². The van der Waals surface area contributed by atoms with Gasteiger partial charge in [-0.15, -0.1) is 10.1 Å². The summed E-state index contributed by atoms with van der Waals surface area (Å²) in [6.45, 7) is 2.46. The Kier molecular flexibility index (Phi) is 6.91. The number of fused-ring (bicyclic) bond motifs is 1. The van der Waals surface area contributed by atoms with E-state index >= 15 is 0 Å². The van der Waals surface area contributed by atoms with E-state index in [0.717, 1.165) is 0 Å².